The van der Waals surface area contributed by atoms with Crippen molar-refractivity contribution in [3.63, 3.8) is 0 Å². The van der Waals surface area contributed by atoms with Crippen molar-refractivity contribution >= 4 is 17.7 Å². The van der Waals surface area contributed by atoms with E-state index >= 15 is 0 Å². The Morgan fingerprint density at radius 2 is 2.00 bits per heavy atom. The van der Waals surface area contributed by atoms with Crippen LogP contribution in [0.5, 0.6) is 0 Å². The van der Waals surface area contributed by atoms with Crippen molar-refractivity contribution in [2.75, 3.05) is 11.5 Å². The second-order valence-electron chi connectivity index (χ2n) is 5.24. The molecule has 0 aromatic heterocycles. The summed E-state index contributed by atoms with van der Waals surface area (Å²) in [5, 5.41) is 8.79. The highest BCUT2D eigenvalue weighted by atomic mass is 32.2. The quantitative estimate of drug-likeness (QED) is 0.758. The summed E-state index contributed by atoms with van der Waals surface area (Å²) in [6.07, 6.45) is 8.29. The molecule has 0 unspecified atom stereocenters. The number of carbonyl (C=O) groups is 1. The van der Waals surface area contributed by atoms with E-state index < -0.39 is 5.97 Å². The summed E-state index contributed by atoms with van der Waals surface area (Å²) >= 11 is 2.00. The lowest BCUT2D eigenvalue weighted by Crippen LogP contribution is -2.12. The molecule has 0 aromatic carbocycles. The van der Waals surface area contributed by atoms with Crippen LogP contribution in [0.2, 0.25) is 0 Å². The molecule has 2 saturated carbocycles. The molecule has 0 radical (unpaired) electrons. The largest absolute Gasteiger partial charge is 0.481 e. The average molecular weight is 228 g/mol. The first-order valence-electron chi connectivity index (χ1n) is 6.00. The van der Waals surface area contributed by atoms with Crippen molar-refractivity contribution in [1.82, 2.24) is 0 Å². The van der Waals surface area contributed by atoms with Crippen LogP contribution < -0.4 is 0 Å². The Balaban J connectivity index is 1.62. The Bertz CT molecular complexity index is 230. The summed E-state index contributed by atoms with van der Waals surface area (Å²) in [7, 11) is 0. The Kier molecular flexibility index (Phi) is 3.60. The number of carboxylic acids is 1. The van der Waals surface area contributed by atoms with Crippen LogP contribution in [0, 0.1) is 11.3 Å². The standard InChI is InChI=1S/C12H20O2S/c13-11(14)7-12(5-6-12)9-15-8-10-3-1-2-4-10/h10H,1-9H2,(H,13,14). The molecule has 0 aliphatic heterocycles. The lowest BCUT2D eigenvalue weighted by Gasteiger charge is -2.14. The average Bonchev–Trinajstić information content (AvgIpc) is 2.74. The molecular formula is C12H20O2S. The first-order chi connectivity index (χ1) is 7.20. The number of hydrogen-bond donors (Lipinski definition) is 1. The van der Waals surface area contributed by atoms with Gasteiger partial charge in [-0.05, 0) is 48.5 Å². The molecule has 15 heavy (non-hydrogen) atoms. The van der Waals surface area contributed by atoms with Crippen LogP contribution in [0.1, 0.15) is 44.9 Å². The minimum Gasteiger partial charge on any atom is -0.481 e. The van der Waals surface area contributed by atoms with Crippen molar-refractivity contribution in [1.29, 1.82) is 0 Å². The molecule has 0 heterocycles. The van der Waals surface area contributed by atoms with Crippen molar-refractivity contribution in [2.24, 2.45) is 11.3 Å². The van der Waals surface area contributed by atoms with Crippen LogP contribution in [0.4, 0.5) is 0 Å². The molecule has 86 valence electrons. The minimum absolute atomic E-state index is 0.190. The third kappa shape index (κ3) is 3.40. The van der Waals surface area contributed by atoms with Gasteiger partial charge in [0, 0.05) is 0 Å². The molecule has 0 spiro atoms. The molecule has 0 aromatic rings. The second kappa shape index (κ2) is 4.77. The molecule has 0 bridgehead atoms. The summed E-state index contributed by atoms with van der Waals surface area (Å²) < 4.78 is 0. The monoisotopic (exact) mass is 228 g/mol. The normalized spacial score (nSPS) is 24.3. The van der Waals surface area contributed by atoms with E-state index in [0.29, 0.717) is 6.42 Å². The van der Waals surface area contributed by atoms with Gasteiger partial charge >= 0.3 is 5.97 Å². The molecule has 3 heteroatoms. The van der Waals surface area contributed by atoms with E-state index in [1.165, 1.54) is 31.4 Å². The van der Waals surface area contributed by atoms with E-state index in [1.54, 1.807) is 0 Å². The third-order valence-corrected chi connectivity index (χ3v) is 5.24. The Hall–Kier alpha value is -0.180. The van der Waals surface area contributed by atoms with Gasteiger partial charge in [0.2, 0.25) is 0 Å². The summed E-state index contributed by atoms with van der Waals surface area (Å²) in [6.45, 7) is 0. The van der Waals surface area contributed by atoms with Crippen LogP contribution in [0.3, 0.4) is 0 Å². The molecule has 2 aliphatic carbocycles. The van der Waals surface area contributed by atoms with E-state index in [9.17, 15) is 4.79 Å². The Morgan fingerprint density at radius 3 is 2.53 bits per heavy atom. The Morgan fingerprint density at radius 1 is 1.33 bits per heavy atom. The van der Waals surface area contributed by atoms with Crippen molar-refractivity contribution in [3.8, 4) is 0 Å². The van der Waals surface area contributed by atoms with Gasteiger partial charge in [-0.3, -0.25) is 4.79 Å². The maximum Gasteiger partial charge on any atom is 0.303 e. The topological polar surface area (TPSA) is 37.3 Å². The fourth-order valence-corrected chi connectivity index (χ4v) is 4.10. The number of rotatable bonds is 6. The van der Waals surface area contributed by atoms with E-state index in [2.05, 4.69) is 0 Å². The van der Waals surface area contributed by atoms with Gasteiger partial charge in [-0.15, -0.1) is 0 Å². The summed E-state index contributed by atoms with van der Waals surface area (Å²) in [5.41, 5.74) is 0.190. The van der Waals surface area contributed by atoms with Gasteiger partial charge in [0.15, 0.2) is 0 Å². The number of hydrogen-bond acceptors (Lipinski definition) is 2. The maximum atomic E-state index is 10.7. The van der Waals surface area contributed by atoms with Gasteiger partial charge in [-0.1, -0.05) is 12.8 Å². The first-order valence-corrected chi connectivity index (χ1v) is 7.15. The number of carboxylic acid groups (broad SMARTS) is 1. The molecule has 2 rings (SSSR count). The zero-order chi connectivity index (χ0) is 10.7. The van der Waals surface area contributed by atoms with E-state index in [4.69, 9.17) is 5.11 Å². The molecule has 0 atom stereocenters. The maximum absolute atomic E-state index is 10.7. The lowest BCUT2D eigenvalue weighted by molar-refractivity contribution is -0.138. The Labute approximate surface area is 95.8 Å². The number of thioether (sulfide) groups is 1. The summed E-state index contributed by atoms with van der Waals surface area (Å²) in [5.74, 6) is 2.65. The fraction of sp³-hybridized carbons (Fsp3) is 0.917. The summed E-state index contributed by atoms with van der Waals surface area (Å²) in [4.78, 5) is 10.7. The van der Waals surface area contributed by atoms with Gasteiger partial charge in [0.25, 0.3) is 0 Å². The van der Waals surface area contributed by atoms with E-state index in [1.807, 2.05) is 11.8 Å². The van der Waals surface area contributed by atoms with Gasteiger partial charge in [0.1, 0.15) is 0 Å². The molecule has 0 saturated heterocycles. The molecule has 2 nitrogen and oxygen atoms in total. The van der Waals surface area contributed by atoms with Crippen molar-refractivity contribution < 1.29 is 9.90 Å². The highest BCUT2D eigenvalue weighted by molar-refractivity contribution is 7.99. The lowest BCUT2D eigenvalue weighted by atomic mass is 10.1. The van der Waals surface area contributed by atoms with Crippen LogP contribution >= 0.6 is 11.8 Å². The molecule has 1 N–H and O–H groups in total. The molecule has 2 aliphatic rings. The smallest absolute Gasteiger partial charge is 0.303 e. The predicted octanol–water partition coefficient (Wildman–Crippen LogP) is 3.16. The predicted molar refractivity (Wildman–Crippen MR) is 63.2 cm³/mol. The van der Waals surface area contributed by atoms with Gasteiger partial charge in [0.05, 0.1) is 6.42 Å². The molecule has 0 amide bonds. The minimum atomic E-state index is -0.617. The van der Waals surface area contributed by atoms with Gasteiger partial charge < -0.3 is 5.11 Å². The fourth-order valence-electron chi connectivity index (χ4n) is 2.49. The van der Waals surface area contributed by atoms with E-state index in [-0.39, 0.29) is 5.41 Å². The second-order valence-corrected chi connectivity index (χ2v) is 6.27. The highest BCUT2D eigenvalue weighted by Gasteiger charge is 2.44. The van der Waals surface area contributed by atoms with Crippen molar-refractivity contribution in [3.05, 3.63) is 0 Å². The van der Waals surface area contributed by atoms with E-state index in [0.717, 1.165) is 24.5 Å². The SMILES string of the molecule is O=C(O)CC1(CSCC2CCCC2)CC1. The zero-order valence-corrected chi connectivity index (χ0v) is 10.0. The van der Waals surface area contributed by atoms with Crippen LogP contribution in [0.25, 0.3) is 0 Å². The molecule has 2 fully saturated rings. The first kappa shape index (κ1) is 11.3. The van der Waals surface area contributed by atoms with Crippen LogP contribution in [-0.4, -0.2) is 22.6 Å². The van der Waals surface area contributed by atoms with Crippen LogP contribution in [-0.2, 0) is 4.79 Å². The number of aliphatic carboxylic acids is 1. The van der Waals surface area contributed by atoms with Crippen molar-refractivity contribution in [2.45, 2.75) is 44.9 Å². The third-order valence-electron chi connectivity index (χ3n) is 3.72. The summed E-state index contributed by atoms with van der Waals surface area (Å²) in [6, 6.07) is 0. The van der Waals surface area contributed by atoms with Gasteiger partial charge in [-0.25, -0.2) is 0 Å². The zero-order valence-electron chi connectivity index (χ0n) is 9.21. The van der Waals surface area contributed by atoms with Gasteiger partial charge in [-0.2, -0.15) is 11.8 Å². The van der Waals surface area contributed by atoms with Crippen LogP contribution in [0.15, 0.2) is 0 Å². The highest BCUT2D eigenvalue weighted by Crippen LogP contribution is 2.51. The molecular weight excluding hydrogens is 208 g/mol.